The Kier molecular flexibility index (Phi) is 3.61. The van der Waals surface area contributed by atoms with E-state index < -0.39 is 0 Å². The number of halogens is 1. The molecule has 0 aliphatic rings. The first-order chi connectivity index (χ1) is 9.74. The van der Waals surface area contributed by atoms with Gasteiger partial charge in [-0.05, 0) is 35.2 Å². The Bertz CT molecular complexity index is 755. The van der Waals surface area contributed by atoms with Crippen LogP contribution in [0.25, 0.3) is 10.8 Å². The maximum absolute atomic E-state index is 13.2. The Morgan fingerprint density at radius 3 is 2.50 bits per heavy atom. The fourth-order valence-corrected chi connectivity index (χ4v) is 3.17. The standard InChI is InChI=1S/C17H13FOS/c18-13-5-3-4-12(10-13)11-20-17-9-8-16(19)14-6-1-2-7-15(14)17/h1-10,19H,11H2. The minimum atomic E-state index is -0.210. The molecule has 0 saturated carbocycles. The largest absolute Gasteiger partial charge is 0.507 e. The number of phenolic OH excluding ortho intramolecular Hbond substituents is 1. The molecule has 100 valence electrons. The molecule has 0 amide bonds. The van der Waals surface area contributed by atoms with Crippen LogP contribution in [0.4, 0.5) is 4.39 Å². The number of rotatable bonds is 3. The lowest BCUT2D eigenvalue weighted by atomic mass is 10.1. The van der Waals surface area contributed by atoms with Crippen LogP contribution in [0.1, 0.15) is 5.56 Å². The van der Waals surface area contributed by atoms with E-state index >= 15 is 0 Å². The van der Waals surface area contributed by atoms with E-state index in [9.17, 15) is 9.50 Å². The van der Waals surface area contributed by atoms with Gasteiger partial charge >= 0.3 is 0 Å². The number of fused-ring (bicyclic) bond motifs is 1. The molecule has 0 unspecified atom stereocenters. The SMILES string of the molecule is Oc1ccc(SCc2cccc(F)c2)c2ccccc12. The van der Waals surface area contributed by atoms with Gasteiger partial charge in [0.05, 0.1) is 0 Å². The van der Waals surface area contributed by atoms with Crippen LogP contribution in [0.2, 0.25) is 0 Å². The fraction of sp³-hybridized carbons (Fsp3) is 0.0588. The Morgan fingerprint density at radius 1 is 0.900 bits per heavy atom. The van der Waals surface area contributed by atoms with E-state index in [1.807, 2.05) is 36.4 Å². The van der Waals surface area contributed by atoms with E-state index in [1.54, 1.807) is 30.0 Å². The Hall–Kier alpha value is -2.00. The van der Waals surface area contributed by atoms with Crippen molar-refractivity contribution in [3.63, 3.8) is 0 Å². The summed E-state index contributed by atoms with van der Waals surface area (Å²) in [4.78, 5) is 1.09. The quantitative estimate of drug-likeness (QED) is 0.685. The van der Waals surface area contributed by atoms with Crippen LogP contribution < -0.4 is 0 Å². The average Bonchev–Trinajstić information content (AvgIpc) is 2.47. The van der Waals surface area contributed by atoms with Crippen molar-refractivity contribution in [1.29, 1.82) is 0 Å². The zero-order valence-electron chi connectivity index (χ0n) is 10.7. The van der Waals surface area contributed by atoms with E-state index in [0.717, 1.165) is 21.2 Å². The fourth-order valence-electron chi connectivity index (χ4n) is 2.17. The number of thioether (sulfide) groups is 1. The maximum Gasteiger partial charge on any atom is 0.123 e. The topological polar surface area (TPSA) is 20.2 Å². The minimum Gasteiger partial charge on any atom is -0.507 e. The van der Waals surface area contributed by atoms with Crippen LogP contribution in [0, 0.1) is 5.82 Å². The average molecular weight is 284 g/mol. The number of hydrogen-bond donors (Lipinski definition) is 1. The van der Waals surface area contributed by atoms with E-state index in [2.05, 4.69) is 0 Å². The summed E-state index contributed by atoms with van der Waals surface area (Å²) in [5, 5.41) is 11.7. The molecule has 3 rings (SSSR count). The second-order valence-corrected chi connectivity index (χ2v) is 5.56. The summed E-state index contributed by atoms with van der Waals surface area (Å²) in [5.41, 5.74) is 0.951. The first-order valence-corrected chi connectivity index (χ1v) is 7.30. The normalized spacial score (nSPS) is 10.8. The van der Waals surface area contributed by atoms with Crippen molar-refractivity contribution in [3.8, 4) is 5.75 Å². The highest BCUT2D eigenvalue weighted by atomic mass is 32.2. The van der Waals surface area contributed by atoms with Crippen LogP contribution in [0.5, 0.6) is 5.75 Å². The van der Waals surface area contributed by atoms with Crippen LogP contribution in [-0.4, -0.2) is 5.11 Å². The van der Waals surface area contributed by atoms with Gasteiger partial charge in [0.2, 0.25) is 0 Å². The smallest absolute Gasteiger partial charge is 0.123 e. The van der Waals surface area contributed by atoms with E-state index in [0.29, 0.717) is 5.75 Å². The van der Waals surface area contributed by atoms with Gasteiger partial charge in [0, 0.05) is 16.0 Å². The third kappa shape index (κ3) is 2.63. The van der Waals surface area contributed by atoms with Gasteiger partial charge in [-0.3, -0.25) is 0 Å². The first-order valence-electron chi connectivity index (χ1n) is 6.32. The van der Waals surface area contributed by atoms with Gasteiger partial charge < -0.3 is 5.11 Å². The highest BCUT2D eigenvalue weighted by Crippen LogP contribution is 2.34. The van der Waals surface area contributed by atoms with Crippen LogP contribution in [0.15, 0.2) is 65.6 Å². The van der Waals surface area contributed by atoms with Crippen LogP contribution in [0.3, 0.4) is 0 Å². The number of hydrogen-bond acceptors (Lipinski definition) is 2. The molecule has 1 nitrogen and oxygen atoms in total. The molecule has 3 aromatic carbocycles. The summed E-state index contributed by atoms with van der Waals surface area (Å²) in [6.45, 7) is 0. The molecule has 0 aromatic heterocycles. The number of benzene rings is 3. The molecule has 20 heavy (non-hydrogen) atoms. The van der Waals surface area contributed by atoms with Gasteiger partial charge in [0.15, 0.2) is 0 Å². The highest BCUT2D eigenvalue weighted by Gasteiger charge is 2.05. The maximum atomic E-state index is 13.2. The van der Waals surface area contributed by atoms with E-state index in [-0.39, 0.29) is 11.6 Å². The van der Waals surface area contributed by atoms with Crippen LogP contribution >= 0.6 is 11.8 Å². The van der Waals surface area contributed by atoms with Gasteiger partial charge in [-0.1, -0.05) is 36.4 Å². The molecule has 0 saturated heterocycles. The van der Waals surface area contributed by atoms with Gasteiger partial charge in [0.1, 0.15) is 11.6 Å². The lowest BCUT2D eigenvalue weighted by Crippen LogP contribution is -1.84. The lowest BCUT2D eigenvalue weighted by molar-refractivity contribution is 0.481. The van der Waals surface area contributed by atoms with Crippen molar-refractivity contribution in [2.75, 3.05) is 0 Å². The number of phenols is 1. The molecule has 0 fully saturated rings. The molecule has 0 spiro atoms. The first kappa shape index (κ1) is 13.0. The minimum absolute atomic E-state index is 0.210. The lowest BCUT2D eigenvalue weighted by Gasteiger charge is -2.08. The summed E-state index contributed by atoms with van der Waals surface area (Å²) in [7, 11) is 0. The molecule has 0 aliphatic heterocycles. The molecule has 0 radical (unpaired) electrons. The molecule has 0 heterocycles. The van der Waals surface area contributed by atoms with Gasteiger partial charge in [-0.2, -0.15) is 0 Å². The Morgan fingerprint density at radius 2 is 1.70 bits per heavy atom. The second-order valence-electron chi connectivity index (χ2n) is 4.55. The van der Waals surface area contributed by atoms with Crippen LogP contribution in [-0.2, 0) is 5.75 Å². The molecule has 0 atom stereocenters. The summed E-state index contributed by atoms with van der Waals surface area (Å²) < 4.78 is 13.2. The Balaban J connectivity index is 1.90. The summed E-state index contributed by atoms with van der Waals surface area (Å²) in [6, 6.07) is 18.0. The monoisotopic (exact) mass is 284 g/mol. The molecular weight excluding hydrogens is 271 g/mol. The molecule has 0 aliphatic carbocycles. The van der Waals surface area contributed by atoms with Crippen molar-refractivity contribution in [3.05, 3.63) is 72.0 Å². The van der Waals surface area contributed by atoms with Crippen molar-refractivity contribution < 1.29 is 9.50 Å². The predicted molar refractivity (Wildman–Crippen MR) is 81.6 cm³/mol. The van der Waals surface area contributed by atoms with Gasteiger partial charge in [0.25, 0.3) is 0 Å². The van der Waals surface area contributed by atoms with Crippen molar-refractivity contribution in [1.82, 2.24) is 0 Å². The van der Waals surface area contributed by atoms with E-state index in [4.69, 9.17) is 0 Å². The van der Waals surface area contributed by atoms with Gasteiger partial charge in [-0.25, -0.2) is 4.39 Å². The molecule has 3 heteroatoms. The third-order valence-corrected chi connectivity index (χ3v) is 4.29. The molecule has 3 aromatic rings. The summed E-state index contributed by atoms with van der Waals surface area (Å²) >= 11 is 1.64. The van der Waals surface area contributed by atoms with E-state index in [1.165, 1.54) is 6.07 Å². The zero-order chi connectivity index (χ0) is 13.9. The second kappa shape index (κ2) is 5.55. The third-order valence-electron chi connectivity index (χ3n) is 3.14. The summed E-state index contributed by atoms with van der Waals surface area (Å²) in [5.74, 6) is 0.779. The van der Waals surface area contributed by atoms with Crippen molar-refractivity contribution in [2.24, 2.45) is 0 Å². The molecule has 1 N–H and O–H groups in total. The predicted octanol–water partition coefficient (Wildman–Crippen LogP) is 4.98. The molecular formula is C17H13FOS. The Labute approximate surface area is 121 Å². The van der Waals surface area contributed by atoms with Crippen molar-refractivity contribution >= 4 is 22.5 Å². The van der Waals surface area contributed by atoms with Crippen molar-refractivity contribution in [2.45, 2.75) is 10.6 Å². The number of aromatic hydroxyl groups is 1. The van der Waals surface area contributed by atoms with Gasteiger partial charge in [-0.15, -0.1) is 11.8 Å². The highest BCUT2D eigenvalue weighted by molar-refractivity contribution is 7.98. The summed E-state index contributed by atoms with van der Waals surface area (Å²) in [6.07, 6.45) is 0. The zero-order valence-corrected chi connectivity index (χ0v) is 11.5. The molecule has 0 bridgehead atoms.